The summed E-state index contributed by atoms with van der Waals surface area (Å²) < 4.78 is 13.1. The first-order chi connectivity index (χ1) is 13.0. The maximum absolute atomic E-state index is 13.1. The smallest absolute Gasteiger partial charge is 0.312 e. The van der Waals surface area contributed by atoms with E-state index >= 15 is 0 Å². The molecule has 2 aromatic carbocycles. The minimum atomic E-state index is -0.526. The first-order valence-electron chi connectivity index (χ1n) is 8.94. The van der Waals surface area contributed by atoms with Crippen molar-refractivity contribution < 1.29 is 14.0 Å². The molecule has 3 rings (SSSR count). The van der Waals surface area contributed by atoms with Crippen LogP contribution in [0.3, 0.4) is 0 Å². The van der Waals surface area contributed by atoms with Crippen molar-refractivity contribution in [2.24, 2.45) is 5.73 Å². The predicted molar refractivity (Wildman–Crippen MR) is 102 cm³/mol. The van der Waals surface area contributed by atoms with Gasteiger partial charge in [0.15, 0.2) is 0 Å². The average molecular weight is 370 g/mol. The lowest BCUT2D eigenvalue weighted by molar-refractivity contribution is -0.122. The minimum Gasteiger partial charge on any atom is -0.352 e. The second kappa shape index (κ2) is 8.64. The number of amides is 3. The largest absolute Gasteiger partial charge is 0.352 e. The summed E-state index contributed by atoms with van der Waals surface area (Å²) in [7, 11) is 0. The van der Waals surface area contributed by atoms with E-state index in [1.807, 2.05) is 30.3 Å². The van der Waals surface area contributed by atoms with E-state index < -0.39 is 12.1 Å². The Morgan fingerprint density at radius 2 is 1.67 bits per heavy atom. The molecule has 1 atom stereocenters. The van der Waals surface area contributed by atoms with Crippen LogP contribution in [0.1, 0.15) is 24.4 Å². The first-order valence-corrected chi connectivity index (χ1v) is 8.94. The van der Waals surface area contributed by atoms with Gasteiger partial charge in [-0.25, -0.2) is 9.18 Å². The van der Waals surface area contributed by atoms with Crippen molar-refractivity contribution in [3.05, 3.63) is 66.0 Å². The molecule has 27 heavy (non-hydrogen) atoms. The van der Waals surface area contributed by atoms with Gasteiger partial charge in [0, 0.05) is 24.8 Å². The number of benzene rings is 2. The Hall–Kier alpha value is -2.93. The molecular formula is C20H23FN4O2. The lowest BCUT2D eigenvalue weighted by Crippen LogP contribution is -2.49. The van der Waals surface area contributed by atoms with Crippen molar-refractivity contribution in [3.63, 3.8) is 0 Å². The van der Waals surface area contributed by atoms with E-state index in [4.69, 9.17) is 5.73 Å². The van der Waals surface area contributed by atoms with Crippen molar-refractivity contribution in [1.29, 1.82) is 0 Å². The van der Waals surface area contributed by atoms with Crippen molar-refractivity contribution in [2.75, 3.05) is 18.4 Å². The quantitative estimate of drug-likeness (QED) is 0.756. The highest BCUT2D eigenvalue weighted by atomic mass is 19.1. The third kappa shape index (κ3) is 5.04. The zero-order chi connectivity index (χ0) is 19.2. The normalized spacial score (nSPS) is 16.5. The topological polar surface area (TPSA) is 87.5 Å². The maximum Gasteiger partial charge on any atom is 0.312 e. The number of carbonyl (C=O) groups is 2. The average Bonchev–Trinajstić information content (AvgIpc) is 2.66. The molecule has 1 aliphatic rings. The second-order valence-electron chi connectivity index (χ2n) is 6.63. The molecule has 0 radical (unpaired) electrons. The number of primary amides is 1. The summed E-state index contributed by atoms with van der Waals surface area (Å²) in [6, 6.07) is 14.3. The molecule has 7 heteroatoms. The van der Waals surface area contributed by atoms with E-state index in [1.54, 1.807) is 0 Å². The van der Waals surface area contributed by atoms with Crippen LogP contribution in [0, 0.1) is 5.82 Å². The highest BCUT2D eigenvalue weighted by Gasteiger charge is 2.31. The minimum absolute atomic E-state index is 0.0235. The van der Waals surface area contributed by atoms with Gasteiger partial charge in [-0.1, -0.05) is 30.3 Å². The van der Waals surface area contributed by atoms with Crippen LogP contribution in [0.4, 0.5) is 14.9 Å². The van der Waals surface area contributed by atoms with Crippen LogP contribution in [0.2, 0.25) is 0 Å². The van der Waals surface area contributed by atoms with E-state index in [-0.39, 0.29) is 17.8 Å². The molecule has 1 aliphatic heterocycles. The van der Waals surface area contributed by atoms with Gasteiger partial charge in [0.1, 0.15) is 11.9 Å². The SMILES string of the molecule is NC(=O)NC1CCN([C@@H](C(=O)Nc2ccc(F)cc2)c2ccccc2)CC1. The van der Waals surface area contributed by atoms with Gasteiger partial charge in [-0.15, -0.1) is 0 Å². The van der Waals surface area contributed by atoms with Gasteiger partial charge in [-0.05, 0) is 42.7 Å². The summed E-state index contributed by atoms with van der Waals surface area (Å²) in [6.45, 7) is 1.31. The van der Waals surface area contributed by atoms with E-state index in [1.165, 1.54) is 24.3 Å². The summed E-state index contributed by atoms with van der Waals surface area (Å²) in [5.74, 6) is -0.522. The van der Waals surface area contributed by atoms with Gasteiger partial charge in [-0.3, -0.25) is 9.69 Å². The number of likely N-dealkylation sites (tertiary alicyclic amines) is 1. The lowest BCUT2D eigenvalue weighted by atomic mass is 9.98. The van der Waals surface area contributed by atoms with Crippen LogP contribution in [0.15, 0.2) is 54.6 Å². The van der Waals surface area contributed by atoms with Crippen LogP contribution < -0.4 is 16.4 Å². The molecule has 6 nitrogen and oxygen atoms in total. The number of nitrogens with one attached hydrogen (secondary N) is 2. The fraction of sp³-hybridized carbons (Fsp3) is 0.300. The van der Waals surface area contributed by atoms with Crippen LogP contribution >= 0.6 is 0 Å². The van der Waals surface area contributed by atoms with Gasteiger partial charge < -0.3 is 16.4 Å². The number of nitrogens with zero attached hydrogens (tertiary/aromatic N) is 1. The highest BCUT2D eigenvalue weighted by molar-refractivity contribution is 5.95. The Balaban J connectivity index is 1.75. The number of carbonyl (C=O) groups excluding carboxylic acids is 2. The number of rotatable bonds is 5. The Labute approximate surface area is 157 Å². The maximum atomic E-state index is 13.1. The molecule has 4 N–H and O–H groups in total. The number of piperidine rings is 1. The Morgan fingerprint density at radius 1 is 1.04 bits per heavy atom. The van der Waals surface area contributed by atoms with E-state index in [0.29, 0.717) is 18.8 Å². The van der Waals surface area contributed by atoms with Gasteiger partial charge in [0.25, 0.3) is 0 Å². The summed E-state index contributed by atoms with van der Waals surface area (Å²) in [5, 5.41) is 5.60. The molecule has 0 saturated carbocycles. The van der Waals surface area contributed by atoms with Gasteiger partial charge in [0.05, 0.1) is 0 Å². The summed E-state index contributed by atoms with van der Waals surface area (Å²) in [4.78, 5) is 26.2. The first kappa shape index (κ1) is 18.8. The van der Waals surface area contributed by atoms with Crippen LogP contribution in [-0.2, 0) is 4.79 Å². The zero-order valence-electron chi connectivity index (χ0n) is 14.9. The third-order valence-electron chi connectivity index (χ3n) is 4.72. The number of halogens is 1. The number of urea groups is 1. The second-order valence-corrected chi connectivity index (χ2v) is 6.63. The van der Waals surface area contributed by atoms with Crippen molar-refractivity contribution in [1.82, 2.24) is 10.2 Å². The van der Waals surface area contributed by atoms with E-state index in [0.717, 1.165) is 18.4 Å². The van der Waals surface area contributed by atoms with E-state index in [2.05, 4.69) is 15.5 Å². The van der Waals surface area contributed by atoms with Gasteiger partial charge in [-0.2, -0.15) is 0 Å². The molecule has 0 spiro atoms. The van der Waals surface area contributed by atoms with Crippen LogP contribution in [0.25, 0.3) is 0 Å². The summed E-state index contributed by atoms with van der Waals surface area (Å²) >= 11 is 0. The lowest BCUT2D eigenvalue weighted by Gasteiger charge is -2.37. The number of hydrogen-bond acceptors (Lipinski definition) is 3. The molecule has 142 valence electrons. The monoisotopic (exact) mass is 370 g/mol. The summed E-state index contributed by atoms with van der Waals surface area (Å²) in [6.07, 6.45) is 1.44. The molecule has 1 fully saturated rings. The van der Waals surface area contributed by atoms with Gasteiger partial charge in [0.2, 0.25) is 5.91 Å². The third-order valence-corrected chi connectivity index (χ3v) is 4.72. The number of hydrogen-bond donors (Lipinski definition) is 3. The van der Waals surface area contributed by atoms with Gasteiger partial charge >= 0.3 is 6.03 Å². The molecule has 2 aromatic rings. The Morgan fingerprint density at radius 3 is 2.26 bits per heavy atom. The molecule has 0 bridgehead atoms. The van der Waals surface area contributed by atoms with Crippen molar-refractivity contribution in [2.45, 2.75) is 24.9 Å². The Bertz CT molecular complexity index is 774. The fourth-order valence-electron chi connectivity index (χ4n) is 3.41. The molecule has 1 saturated heterocycles. The fourth-order valence-corrected chi connectivity index (χ4v) is 3.41. The van der Waals surface area contributed by atoms with Crippen LogP contribution in [-0.4, -0.2) is 36.0 Å². The molecule has 3 amide bonds. The number of anilines is 1. The summed E-state index contributed by atoms with van der Waals surface area (Å²) in [5.41, 5.74) is 6.64. The van der Waals surface area contributed by atoms with Crippen molar-refractivity contribution in [3.8, 4) is 0 Å². The highest BCUT2D eigenvalue weighted by Crippen LogP contribution is 2.26. The molecule has 0 aliphatic carbocycles. The molecule has 0 aromatic heterocycles. The van der Waals surface area contributed by atoms with E-state index in [9.17, 15) is 14.0 Å². The zero-order valence-corrected chi connectivity index (χ0v) is 14.9. The Kier molecular flexibility index (Phi) is 6.03. The molecule has 1 heterocycles. The van der Waals surface area contributed by atoms with Crippen molar-refractivity contribution >= 4 is 17.6 Å². The van der Waals surface area contributed by atoms with Crippen LogP contribution in [0.5, 0.6) is 0 Å². The predicted octanol–water partition coefficient (Wildman–Crippen LogP) is 2.64. The molecular weight excluding hydrogens is 347 g/mol. The molecule has 0 unspecified atom stereocenters. The standard InChI is InChI=1S/C20H23FN4O2/c21-15-6-8-16(9-7-15)23-19(26)18(14-4-2-1-3-5-14)25-12-10-17(11-13-25)24-20(22)27/h1-9,17-18H,10-13H2,(H,23,26)(H3,22,24,27)/t18-/m1/s1. The number of nitrogens with two attached hydrogens (primary N) is 1.